The molecule has 0 unspecified atom stereocenters. The number of hydrogen-bond donors (Lipinski definition) is 1. The van der Waals surface area contributed by atoms with Crippen molar-refractivity contribution in [2.24, 2.45) is 0 Å². The molecular weight excluding hydrogens is 240 g/mol. The van der Waals surface area contributed by atoms with Crippen molar-refractivity contribution in [3.8, 4) is 0 Å². The van der Waals surface area contributed by atoms with Gasteiger partial charge in [0, 0.05) is 13.1 Å². The van der Waals surface area contributed by atoms with Crippen molar-refractivity contribution < 1.29 is 4.79 Å². The second kappa shape index (κ2) is 6.10. The third-order valence-corrected chi connectivity index (χ3v) is 3.73. The molecule has 1 saturated heterocycles. The summed E-state index contributed by atoms with van der Waals surface area (Å²) in [4.78, 5) is 14.5. The maximum Gasteiger partial charge on any atom is 0.255 e. The van der Waals surface area contributed by atoms with E-state index in [-0.39, 0.29) is 5.91 Å². The minimum absolute atomic E-state index is 0.0711. The minimum atomic E-state index is 0.0711. The first-order valence-corrected chi connectivity index (χ1v) is 6.94. The first-order valence-electron chi connectivity index (χ1n) is 6.94. The Morgan fingerprint density at radius 3 is 2.74 bits per heavy atom. The SMILES string of the molecule is CCc1nnc(C)cc1C(=O)N(C)C1CCNCC1. The zero-order valence-electron chi connectivity index (χ0n) is 11.9. The van der Waals surface area contributed by atoms with E-state index in [0.29, 0.717) is 11.6 Å². The zero-order chi connectivity index (χ0) is 13.8. The number of nitrogens with zero attached hydrogens (tertiary/aromatic N) is 3. The largest absolute Gasteiger partial charge is 0.339 e. The topological polar surface area (TPSA) is 58.1 Å². The van der Waals surface area contributed by atoms with Crippen molar-refractivity contribution in [3.05, 3.63) is 23.0 Å². The Labute approximate surface area is 114 Å². The molecule has 19 heavy (non-hydrogen) atoms. The highest BCUT2D eigenvalue weighted by molar-refractivity contribution is 5.95. The number of aryl methyl sites for hydroxylation is 2. The van der Waals surface area contributed by atoms with Crippen molar-refractivity contribution in [3.63, 3.8) is 0 Å². The van der Waals surface area contributed by atoms with E-state index in [1.807, 2.05) is 31.9 Å². The van der Waals surface area contributed by atoms with Crippen LogP contribution >= 0.6 is 0 Å². The molecule has 0 radical (unpaired) electrons. The molecule has 1 amide bonds. The maximum atomic E-state index is 12.6. The van der Waals surface area contributed by atoms with Crippen LogP contribution in [0.1, 0.15) is 41.5 Å². The molecule has 0 aliphatic carbocycles. The van der Waals surface area contributed by atoms with Crippen LogP contribution in [0.15, 0.2) is 6.07 Å². The lowest BCUT2D eigenvalue weighted by Crippen LogP contribution is -2.44. The number of carbonyl (C=O) groups excluding carboxylic acids is 1. The Morgan fingerprint density at radius 2 is 2.11 bits per heavy atom. The predicted octanol–water partition coefficient (Wildman–Crippen LogP) is 1.17. The van der Waals surface area contributed by atoms with Gasteiger partial charge in [0.15, 0.2) is 0 Å². The van der Waals surface area contributed by atoms with E-state index in [0.717, 1.165) is 43.7 Å². The van der Waals surface area contributed by atoms with Gasteiger partial charge in [0.05, 0.1) is 17.0 Å². The molecule has 1 N–H and O–H groups in total. The van der Waals surface area contributed by atoms with E-state index >= 15 is 0 Å². The van der Waals surface area contributed by atoms with Crippen LogP contribution in [0.5, 0.6) is 0 Å². The van der Waals surface area contributed by atoms with Gasteiger partial charge in [0.1, 0.15) is 0 Å². The van der Waals surface area contributed by atoms with Crippen LogP contribution in [-0.2, 0) is 6.42 Å². The number of aromatic nitrogens is 2. The molecule has 0 spiro atoms. The van der Waals surface area contributed by atoms with E-state index in [4.69, 9.17) is 0 Å². The second-order valence-corrected chi connectivity index (χ2v) is 5.10. The van der Waals surface area contributed by atoms with Crippen molar-refractivity contribution in [2.75, 3.05) is 20.1 Å². The van der Waals surface area contributed by atoms with Gasteiger partial charge in [-0.15, -0.1) is 0 Å². The fourth-order valence-electron chi connectivity index (χ4n) is 2.51. The van der Waals surface area contributed by atoms with Gasteiger partial charge in [-0.05, 0) is 45.3 Å². The Balaban J connectivity index is 2.20. The van der Waals surface area contributed by atoms with E-state index < -0.39 is 0 Å². The number of carbonyl (C=O) groups is 1. The molecule has 1 aliphatic heterocycles. The Kier molecular flexibility index (Phi) is 4.47. The molecule has 0 aromatic carbocycles. The fraction of sp³-hybridized carbons (Fsp3) is 0.643. The van der Waals surface area contributed by atoms with Crippen molar-refractivity contribution in [2.45, 2.75) is 39.2 Å². The lowest BCUT2D eigenvalue weighted by atomic mass is 10.0. The third-order valence-electron chi connectivity index (χ3n) is 3.73. The monoisotopic (exact) mass is 262 g/mol. The standard InChI is InChI=1S/C14H22N4O/c1-4-13-12(9-10(2)16-17-13)14(19)18(3)11-5-7-15-8-6-11/h9,11,15H,4-8H2,1-3H3. The minimum Gasteiger partial charge on any atom is -0.339 e. The number of rotatable bonds is 3. The summed E-state index contributed by atoms with van der Waals surface area (Å²) in [6.07, 6.45) is 2.76. The number of hydrogen-bond acceptors (Lipinski definition) is 4. The quantitative estimate of drug-likeness (QED) is 0.888. The summed E-state index contributed by atoms with van der Waals surface area (Å²) in [5.74, 6) is 0.0711. The number of nitrogens with one attached hydrogen (secondary N) is 1. The van der Waals surface area contributed by atoms with Gasteiger partial charge in [-0.2, -0.15) is 10.2 Å². The van der Waals surface area contributed by atoms with Crippen LogP contribution in [0.25, 0.3) is 0 Å². The Hall–Kier alpha value is -1.49. The first kappa shape index (κ1) is 13.9. The van der Waals surface area contributed by atoms with Crippen LogP contribution in [0.3, 0.4) is 0 Å². The van der Waals surface area contributed by atoms with Gasteiger partial charge >= 0.3 is 0 Å². The van der Waals surface area contributed by atoms with Gasteiger partial charge in [0.2, 0.25) is 0 Å². The molecule has 1 aromatic rings. The summed E-state index contributed by atoms with van der Waals surface area (Å²) >= 11 is 0. The summed E-state index contributed by atoms with van der Waals surface area (Å²) < 4.78 is 0. The number of amides is 1. The first-order chi connectivity index (χ1) is 9.13. The van der Waals surface area contributed by atoms with E-state index in [1.165, 1.54) is 0 Å². The summed E-state index contributed by atoms with van der Waals surface area (Å²) in [7, 11) is 1.90. The van der Waals surface area contributed by atoms with Gasteiger partial charge < -0.3 is 10.2 Å². The van der Waals surface area contributed by atoms with Gasteiger partial charge in [-0.1, -0.05) is 6.92 Å². The van der Waals surface area contributed by atoms with Crippen LogP contribution in [0.2, 0.25) is 0 Å². The number of piperidine rings is 1. The van der Waals surface area contributed by atoms with Crippen LogP contribution in [0.4, 0.5) is 0 Å². The molecule has 1 aromatic heterocycles. The highest BCUT2D eigenvalue weighted by Crippen LogP contribution is 2.16. The summed E-state index contributed by atoms with van der Waals surface area (Å²) in [5, 5.41) is 11.5. The average Bonchev–Trinajstić information content (AvgIpc) is 2.46. The Bertz CT molecular complexity index is 455. The molecule has 5 nitrogen and oxygen atoms in total. The maximum absolute atomic E-state index is 12.6. The lowest BCUT2D eigenvalue weighted by molar-refractivity contribution is 0.0701. The van der Waals surface area contributed by atoms with Crippen LogP contribution in [-0.4, -0.2) is 47.2 Å². The van der Waals surface area contributed by atoms with E-state index in [9.17, 15) is 4.79 Å². The van der Waals surface area contributed by atoms with Gasteiger partial charge in [-0.3, -0.25) is 4.79 Å². The summed E-state index contributed by atoms with van der Waals surface area (Å²) in [6.45, 7) is 5.83. The average molecular weight is 262 g/mol. The molecule has 104 valence electrons. The van der Waals surface area contributed by atoms with Crippen molar-refractivity contribution in [1.82, 2.24) is 20.4 Å². The zero-order valence-corrected chi connectivity index (χ0v) is 11.9. The molecule has 2 heterocycles. The third kappa shape index (κ3) is 3.10. The molecule has 2 rings (SSSR count). The van der Waals surface area contributed by atoms with Crippen LogP contribution in [0, 0.1) is 6.92 Å². The predicted molar refractivity (Wildman–Crippen MR) is 74.1 cm³/mol. The van der Waals surface area contributed by atoms with Gasteiger partial charge in [0.25, 0.3) is 5.91 Å². The molecule has 1 fully saturated rings. The molecular formula is C14H22N4O. The van der Waals surface area contributed by atoms with E-state index in [1.54, 1.807) is 0 Å². The van der Waals surface area contributed by atoms with Crippen molar-refractivity contribution in [1.29, 1.82) is 0 Å². The highest BCUT2D eigenvalue weighted by atomic mass is 16.2. The second-order valence-electron chi connectivity index (χ2n) is 5.10. The fourth-order valence-corrected chi connectivity index (χ4v) is 2.51. The molecule has 0 bridgehead atoms. The smallest absolute Gasteiger partial charge is 0.255 e. The molecule has 0 atom stereocenters. The van der Waals surface area contributed by atoms with E-state index in [2.05, 4.69) is 15.5 Å². The van der Waals surface area contributed by atoms with Crippen LogP contribution < -0.4 is 5.32 Å². The molecule has 1 aliphatic rings. The molecule has 0 saturated carbocycles. The summed E-state index contributed by atoms with van der Waals surface area (Å²) in [5.41, 5.74) is 2.28. The lowest BCUT2D eigenvalue weighted by Gasteiger charge is -2.32. The highest BCUT2D eigenvalue weighted by Gasteiger charge is 2.24. The molecule has 5 heteroatoms. The Morgan fingerprint density at radius 1 is 1.42 bits per heavy atom. The van der Waals surface area contributed by atoms with Crippen molar-refractivity contribution >= 4 is 5.91 Å². The summed E-state index contributed by atoms with van der Waals surface area (Å²) in [6, 6.07) is 2.18. The van der Waals surface area contributed by atoms with Gasteiger partial charge in [-0.25, -0.2) is 0 Å². The normalized spacial score (nSPS) is 16.4.